The summed E-state index contributed by atoms with van der Waals surface area (Å²) in [5.41, 5.74) is 1.36. The van der Waals surface area contributed by atoms with Gasteiger partial charge < -0.3 is 10.2 Å². The summed E-state index contributed by atoms with van der Waals surface area (Å²) in [4.78, 5) is 13.5. The molecular formula is C11H14BrClN2O. The number of rotatable bonds is 3. The summed E-state index contributed by atoms with van der Waals surface area (Å²) in [5, 5.41) is 3.69. The summed E-state index contributed by atoms with van der Waals surface area (Å²) in [5.74, 6) is -0.0702. The minimum atomic E-state index is -0.0702. The predicted molar refractivity (Wildman–Crippen MR) is 71.3 cm³/mol. The topological polar surface area (TPSA) is 32.3 Å². The van der Waals surface area contributed by atoms with Crippen molar-refractivity contribution < 1.29 is 4.79 Å². The van der Waals surface area contributed by atoms with Crippen molar-refractivity contribution in [2.45, 2.75) is 6.92 Å². The van der Waals surface area contributed by atoms with Gasteiger partial charge in [0, 0.05) is 30.1 Å². The molecule has 1 N–H and O–H groups in total. The van der Waals surface area contributed by atoms with Crippen LogP contribution in [0.3, 0.4) is 0 Å². The minimum absolute atomic E-state index is 0.0702. The molecule has 88 valence electrons. The molecule has 0 heterocycles. The minimum Gasteiger partial charge on any atom is -0.384 e. The Bertz CT molecular complexity index is 407. The third-order valence-electron chi connectivity index (χ3n) is 2.05. The number of nitrogens with zero attached hydrogens (tertiary/aromatic N) is 1. The number of hydrogen-bond acceptors (Lipinski definition) is 2. The molecule has 0 spiro atoms. The van der Waals surface area contributed by atoms with Crippen LogP contribution in [0.2, 0.25) is 5.02 Å². The Morgan fingerprint density at radius 1 is 1.50 bits per heavy atom. The summed E-state index contributed by atoms with van der Waals surface area (Å²) in [6.45, 7) is 2.72. The number of benzene rings is 1. The molecule has 1 aromatic rings. The van der Waals surface area contributed by atoms with Crippen molar-refractivity contribution >= 4 is 39.1 Å². The third-order valence-corrected chi connectivity index (χ3v) is 2.89. The first kappa shape index (κ1) is 13.3. The summed E-state index contributed by atoms with van der Waals surface area (Å²) < 4.78 is 0.798. The van der Waals surface area contributed by atoms with Crippen LogP contribution < -0.4 is 5.32 Å². The molecule has 0 fully saturated rings. The van der Waals surface area contributed by atoms with Crippen LogP contribution in [0.15, 0.2) is 16.6 Å². The molecule has 0 aliphatic carbocycles. The van der Waals surface area contributed by atoms with Gasteiger partial charge in [0.25, 0.3) is 5.91 Å². The molecule has 5 heteroatoms. The molecule has 0 radical (unpaired) electrons. The van der Waals surface area contributed by atoms with Crippen molar-refractivity contribution in [1.29, 1.82) is 0 Å². The van der Waals surface area contributed by atoms with E-state index < -0.39 is 0 Å². The van der Waals surface area contributed by atoms with Crippen molar-refractivity contribution in [3.8, 4) is 0 Å². The molecule has 0 bridgehead atoms. The first-order chi connectivity index (χ1) is 7.47. The number of carbonyl (C=O) groups excluding carboxylic acids is 1. The molecule has 1 aromatic carbocycles. The molecule has 3 nitrogen and oxygen atoms in total. The van der Waals surface area contributed by atoms with Gasteiger partial charge in [-0.05, 0) is 35.0 Å². The first-order valence-corrected chi connectivity index (χ1v) is 6.09. The second kappa shape index (κ2) is 5.55. The zero-order valence-corrected chi connectivity index (χ0v) is 11.8. The highest BCUT2D eigenvalue weighted by molar-refractivity contribution is 9.10. The summed E-state index contributed by atoms with van der Waals surface area (Å²) in [6, 6.07) is 3.44. The highest BCUT2D eigenvalue weighted by Crippen LogP contribution is 2.31. The SMILES string of the molecule is CCNc1c(Br)cc(Cl)cc1C(=O)N(C)C. The van der Waals surface area contributed by atoms with E-state index in [0.717, 1.165) is 16.7 Å². The fourth-order valence-corrected chi connectivity index (χ4v) is 2.29. The zero-order valence-electron chi connectivity index (χ0n) is 9.47. The Kier molecular flexibility index (Phi) is 4.62. The maximum Gasteiger partial charge on any atom is 0.255 e. The van der Waals surface area contributed by atoms with Gasteiger partial charge in [-0.2, -0.15) is 0 Å². The van der Waals surface area contributed by atoms with Gasteiger partial charge in [0.15, 0.2) is 0 Å². The van der Waals surface area contributed by atoms with Gasteiger partial charge in [-0.25, -0.2) is 0 Å². The highest BCUT2D eigenvalue weighted by Gasteiger charge is 2.16. The van der Waals surface area contributed by atoms with E-state index in [4.69, 9.17) is 11.6 Å². The summed E-state index contributed by atoms with van der Waals surface area (Å²) in [6.07, 6.45) is 0. The van der Waals surface area contributed by atoms with Crippen LogP contribution in [0.1, 0.15) is 17.3 Å². The normalized spacial score (nSPS) is 10.1. The highest BCUT2D eigenvalue weighted by atomic mass is 79.9. The molecule has 0 aliphatic rings. The van der Waals surface area contributed by atoms with Gasteiger partial charge in [-0.3, -0.25) is 4.79 Å². The van der Waals surface area contributed by atoms with Crippen LogP contribution in [-0.4, -0.2) is 31.4 Å². The van der Waals surface area contributed by atoms with Crippen LogP contribution in [-0.2, 0) is 0 Å². The van der Waals surface area contributed by atoms with Crippen LogP contribution >= 0.6 is 27.5 Å². The smallest absolute Gasteiger partial charge is 0.255 e. The van der Waals surface area contributed by atoms with E-state index in [9.17, 15) is 4.79 Å². The molecule has 0 aromatic heterocycles. The molecule has 0 saturated carbocycles. The fraction of sp³-hybridized carbons (Fsp3) is 0.364. The van der Waals surface area contributed by atoms with E-state index >= 15 is 0 Å². The van der Waals surface area contributed by atoms with Crippen LogP contribution in [0, 0.1) is 0 Å². The molecule has 0 aliphatic heterocycles. The third kappa shape index (κ3) is 2.89. The molecule has 0 unspecified atom stereocenters. The van der Waals surface area contributed by atoms with Gasteiger partial charge >= 0.3 is 0 Å². The van der Waals surface area contributed by atoms with Gasteiger partial charge in [-0.1, -0.05) is 11.6 Å². The van der Waals surface area contributed by atoms with E-state index in [1.807, 2.05) is 6.92 Å². The number of anilines is 1. The van der Waals surface area contributed by atoms with Gasteiger partial charge in [0.1, 0.15) is 0 Å². The summed E-state index contributed by atoms with van der Waals surface area (Å²) >= 11 is 9.34. The Morgan fingerprint density at radius 3 is 2.62 bits per heavy atom. The lowest BCUT2D eigenvalue weighted by Crippen LogP contribution is -2.23. The fourth-order valence-electron chi connectivity index (χ4n) is 1.34. The van der Waals surface area contributed by atoms with E-state index in [2.05, 4.69) is 21.2 Å². The maximum atomic E-state index is 12.0. The Morgan fingerprint density at radius 2 is 2.12 bits per heavy atom. The summed E-state index contributed by atoms with van der Waals surface area (Å²) in [7, 11) is 3.43. The van der Waals surface area contributed by atoms with Crippen LogP contribution in [0.25, 0.3) is 0 Å². The van der Waals surface area contributed by atoms with Crippen LogP contribution in [0.4, 0.5) is 5.69 Å². The lowest BCUT2D eigenvalue weighted by atomic mass is 10.1. The predicted octanol–water partition coefficient (Wildman–Crippen LogP) is 3.24. The van der Waals surface area contributed by atoms with E-state index in [0.29, 0.717) is 10.6 Å². The average molecular weight is 306 g/mol. The maximum absolute atomic E-state index is 12.0. The van der Waals surface area contributed by atoms with Crippen molar-refractivity contribution in [2.24, 2.45) is 0 Å². The van der Waals surface area contributed by atoms with Crippen LogP contribution in [0.5, 0.6) is 0 Å². The van der Waals surface area contributed by atoms with Gasteiger partial charge in [-0.15, -0.1) is 0 Å². The monoisotopic (exact) mass is 304 g/mol. The second-order valence-electron chi connectivity index (χ2n) is 3.54. The molecule has 0 atom stereocenters. The van der Waals surface area contributed by atoms with Gasteiger partial charge in [0.05, 0.1) is 11.3 Å². The van der Waals surface area contributed by atoms with Crippen molar-refractivity contribution in [3.05, 3.63) is 27.2 Å². The van der Waals surface area contributed by atoms with E-state index in [-0.39, 0.29) is 5.91 Å². The zero-order chi connectivity index (χ0) is 12.3. The Balaban J connectivity index is 3.28. The number of halogens is 2. The lowest BCUT2D eigenvalue weighted by Gasteiger charge is -2.16. The number of hydrogen-bond donors (Lipinski definition) is 1. The van der Waals surface area contributed by atoms with Gasteiger partial charge in [0.2, 0.25) is 0 Å². The largest absolute Gasteiger partial charge is 0.384 e. The van der Waals surface area contributed by atoms with E-state index in [1.54, 1.807) is 26.2 Å². The molecule has 1 rings (SSSR count). The molecule has 16 heavy (non-hydrogen) atoms. The number of carbonyl (C=O) groups is 1. The Labute approximate surface area is 109 Å². The number of nitrogens with one attached hydrogen (secondary N) is 1. The Hall–Kier alpha value is -0.740. The molecular weight excluding hydrogens is 291 g/mol. The first-order valence-electron chi connectivity index (χ1n) is 4.92. The van der Waals surface area contributed by atoms with Crippen molar-refractivity contribution in [2.75, 3.05) is 26.0 Å². The van der Waals surface area contributed by atoms with Crippen molar-refractivity contribution in [3.63, 3.8) is 0 Å². The van der Waals surface area contributed by atoms with Crippen molar-refractivity contribution in [1.82, 2.24) is 4.90 Å². The molecule has 0 saturated heterocycles. The van der Waals surface area contributed by atoms with E-state index in [1.165, 1.54) is 4.90 Å². The number of amides is 1. The average Bonchev–Trinajstić information content (AvgIpc) is 2.20. The quantitative estimate of drug-likeness (QED) is 0.930. The standard InChI is InChI=1S/C11H14BrClN2O/c1-4-14-10-8(11(16)15(2)3)5-7(13)6-9(10)12/h5-6,14H,4H2,1-3H3. The second-order valence-corrected chi connectivity index (χ2v) is 4.83. The molecule has 1 amide bonds. The lowest BCUT2D eigenvalue weighted by molar-refractivity contribution is 0.0828.